The molecule has 98 valence electrons. The van der Waals surface area contributed by atoms with Crippen LogP contribution in [0, 0.1) is 0 Å². The summed E-state index contributed by atoms with van der Waals surface area (Å²) in [6.07, 6.45) is 2.64. The lowest BCUT2D eigenvalue weighted by Crippen LogP contribution is -2.56. The first-order valence-electron chi connectivity index (χ1n) is 6.21. The summed E-state index contributed by atoms with van der Waals surface area (Å²) >= 11 is 0. The first-order valence-corrected chi connectivity index (χ1v) is 6.21. The van der Waals surface area contributed by atoms with Crippen LogP contribution >= 0.6 is 0 Å². The minimum atomic E-state index is -0.975. The Labute approximate surface area is 102 Å². The molecule has 1 amide bonds. The third-order valence-electron chi connectivity index (χ3n) is 3.62. The summed E-state index contributed by atoms with van der Waals surface area (Å²) in [7, 11) is 1.71. The van der Waals surface area contributed by atoms with Gasteiger partial charge in [0, 0.05) is 6.54 Å². The van der Waals surface area contributed by atoms with E-state index >= 15 is 0 Å². The number of hydrogen-bond donors (Lipinski definition) is 2. The fourth-order valence-electron chi connectivity index (χ4n) is 2.56. The van der Waals surface area contributed by atoms with Gasteiger partial charge in [-0.1, -0.05) is 13.3 Å². The van der Waals surface area contributed by atoms with Crippen LogP contribution in [-0.2, 0) is 9.59 Å². The maximum absolute atomic E-state index is 12.2. The van der Waals surface area contributed by atoms with Gasteiger partial charge in [-0.25, -0.2) is 4.79 Å². The molecule has 5 heteroatoms. The molecule has 2 atom stereocenters. The van der Waals surface area contributed by atoms with Crippen LogP contribution in [0.25, 0.3) is 0 Å². The highest BCUT2D eigenvalue weighted by molar-refractivity contribution is 5.90. The van der Waals surface area contributed by atoms with Crippen LogP contribution in [0.1, 0.15) is 39.5 Å². The molecule has 0 bridgehead atoms. The molecule has 0 aliphatic carbocycles. The van der Waals surface area contributed by atoms with E-state index < -0.39 is 11.5 Å². The second-order valence-electron chi connectivity index (χ2n) is 4.69. The molecular weight excluding hydrogens is 220 g/mol. The van der Waals surface area contributed by atoms with E-state index in [-0.39, 0.29) is 11.9 Å². The maximum atomic E-state index is 12.2. The predicted octanol–water partition coefficient (Wildman–Crippen LogP) is 0.840. The second-order valence-corrected chi connectivity index (χ2v) is 4.69. The number of nitrogens with one attached hydrogen (secondary N) is 1. The van der Waals surface area contributed by atoms with Crippen LogP contribution in [0.3, 0.4) is 0 Å². The Morgan fingerprint density at radius 3 is 2.65 bits per heavy atom. The molecule has 1 heterocycles. The molecule has 5 nitrogen and oxygen atoms in total. The van der Waals surface area contributed by atoms with Crippen molar-refractivity contribution in [1.82, 2.24) is 10.2 Å². The van der Waals surface area contributed by atoms with Gasteiger partial charge in [0.05, 0.1) is 6.04 Å². The minimum Gasteiger partial charge on any atom is -0.479 e. The molecule has 0 aromatic rings. The first kappa shape index (κ1) is 14.0. The van der Waals surface area contributed by atoms with Crippen LogP contribution in [-0.4, -0.2) is 47.1 Å². The van der Waals surface area contributed by atoms with E-state index in [0.717, 1.165) is 12.8 Å². The van der Waals surface area contributed by atoms with Crippen molar-refractivity contribution < 1.29 is 14.7 Å². The van der Waals surface area contributed by atoms with E-state index in [9.17, 15) is 14.7 Å². The Morgan fingerprint density at radius 1 is 1.53 bits per heavy atom. The zero-order chi connectivity index (χ0) is 13.1. The summed E-state index contributed by atoms with van der Waals surface area (Å²) in [5.74, 6) is -0.977. The van der Waals surface area contributed by atoms with Crippen molar-refractivity contribution in [2.75, 3.05) is 13.6 Å². The van der Waals surface area contributed by atoms with Crippen molar-refractivity contribution in [3.63, 3.8) is 0 Å². The number of nitrogens with zero attached hydrogens (tertiary/aromatic N) is 1. The zero-order valence-electron chi connectivity index (χ0n) is 10.8. The number of amides is 1. The largest absolute Gasteiger partial charge is 0.479 e. The van der Waals surface area contributed by atoms with Gasteiger partial charge < -0.3 is 15.3 Å². The average molecular weight is 242 g/mol. The van der Waals surface area contributed by atoms with Crippen molar-refractivity contribution in [2.24, 2.45) is 0 Å². The van der Waals surface area contributed by atoms with Crippen LogP contribution in [0.5, 0.6) is 0 Å². The number of hydrogen-bond acceptors (Lipinski definition) is 3. The van der Waals surface area contributed by atoms with Crippen molar-refractivity contribution in [1.29, 1.82) is 0 Å². The Balaban J connectivity index is 2.96. The van der Waals surface area contributed by atoms with Crippen LogP contribution in [0.4, 0.5) is 0 Å². The normalized spacial score (nSPS) is 25.9. The number of aliphatic carboxylic acids is 1. The van der Waals surface area contributed by atoms with Crippen LogP contribution in [0.2, 0.25) is 0 Å². The van der Waals surface area contributed by atoms with Crippen molar-refractivity contribution in [3.8, 4) is 0 Å². The lowest BCUT2D eigenvalue weighted by atomic mass is 9.90. The van der Waals surface area contributed by atoms with Crippen LogP contribution in [0.15, 0.2) is 0 Å². The van der Waals surface area contributed by atoms with Gasteiger partial charge in [-0.2, -0.15) is 0 Å². The van der Waals surface area contributed by atoms with Crippen LogP contribution < -0.4 is 5.32 Å². The monoisotopic (exact) mass is 242 g/mol. The van der Waals surface area contributed by atoms with Gasteiger partial charge in [-0.3, -0.25) is 4.79 Å². The van der Waals surface area contributed by atoms with Gasteiger partial charge in [0.2, 0.25) is 5.91 Å². The third-order valence-corrected chi connectivity index (χ3v) is 3.62. The average Bonchev–Trinajstić information content (AvgIpc) is 2.72. The summed E-state index contributed by atoms with van der Waals surface area (Å²) in [6, 6.07) is -0.330. The molecule has 0 spiro atoms. The topological polar surface area (TPSA) is 69.6 Å². The van der Waals surface area contributed by atoms with E-state index in [2.05, 4.69) is 5.32 Å². The molecule has 0 radical (unpaired) electrons. The number of carboxylic acid groups (broad SMARTS) is 1. The van der Waals surface area contributed by atoms with Gasteiger partial charge in [0.25, 0.3) is 0 Å². The quantitative estimate of drug-likeness (QED) is 0.749. The number of carbonyl (C=O) groups is 2. The van der Waals surface area contributed by atoms with E-state index in [0.29, 0.717) is 19.4 Å². The minimum absolute atomic E-state index is 0.110. The molecule has 0 saturated carbocycles. The Bertz CT molecular complexity index is 306. The smallest absolute Gasteiger partial charge is 0.329 e. The fraction of sp³-hybridized carbons (Fsp3) is 0.833. The molecule has 1 fully saturated rings. The lowest BCUT2D eigenvalue weighted by molar-refractivity contribution is -0.157. The van der Waals surface area contributed by atoms with Crippen molar-refractivity contribution in [3.05, 3.63) is 0 Å². The van der Waals surface area contributed by atoms with Gasteiger partial charge >= 0.3 is 5.97 Å². The Hall–Kier alpha value is -1.10. The summed E-state index contributed by atoms with van der Waals surface area (Å²) in [4.78, 5) is 25.3. The summed E-state index contributed by atoms with van der Waals surface area (Å²) in [5.41, 5.74) is -0.975. The third kappa shape index (κ3) is 2.44. The maximum Gasteiger partial charge on any atom is 0.329 e. The molecule has 0 aromatic carbocycles. The van der Waals surface area contributed by atoms with E-state index in [1.165, 1.54) is 0 Å². The molecule has 2 N–H and O–H groups in total. The Morgan fingerprint density at radius 2 is 2.18 bits per heavy atom. The molecule has 2 unspecified atom stereocenters. The van der Waals surface area contributed by atoms with Crippen molar-refractivity contribution >= 4 is 11.9 Å². The second kappa shape index (κ2) is 5.49. The highest BCUT2D eigenvalue weighted by Crippen LogP contribution is 2.34. The predicted molar refractivity (Wildman–Crippen MR) is 64.7 cm³/mol. The molecule has 1 rings (SSSR count). The van der Waals surface area contributed by atoms with E-state index in [4.69, 9.17) is 0 Å². The number of likely N-dealkylation sites (tertiary alicyclic amines) is 1. The number of likely N-dealkylation sites (N-methyl/N-ethyl adjacent to an activating group) is 1. The van der Waals surface area contributed by atoms with Gasteiger partial charge in [-0.15, -0.1) is 0 Å². The summed E-state index contributed by atoms with van der Waals surface area (Å²) in [6.45, 7) is 4.27. The van der Waals surface area contributed by atoms with Crippen molar-refractivity contribution in [2.45, 2.75) is 51.1 Å². The highest BCUT2D eigenvalue weighted by atomic mass is 16.4. The van der Waals surface area contributed by atoms with Gasteiger partial charge in [0.15, 0.2) is 0 Å². The van der Waals surface area contributed by atoms with Gasteiger partial charge in [-0.05, 0) is 33.2 Å². The summed E-state index contributed by atoms with van der Waals surface area (Å²) < 4.78 is 0. The number of rotatable bonds is 5. The van der Waals surface area contributed by atoms with E-state index in [1.54, 1.807) is 18.9 Å². The molecule has 1 aliphatic rings. The number of carbonyl (C=O) groups excluding carboxylic acids is 1. The fourth-order valence-corrected chi connectivity index (χ4v) is 2.56. The number of carboxylic acids is 1. The lowest BCUT2D eigenvalue weighted by Gasteiger charge is -2.36. The highest BCUT2D eigenvalue weighted by Gasteiger charge is 2.49. The Kier molecular flexibility index (Phi) is 4.51. The SMILES string of the molecule is CCCC1(C(=O)O)CCCN1C(=O)C(C)NC. The molecule has 17 heavy (non-hydrogen) atoms. The molecular formula is C12H22N2O3. The van der Waals surface area contributed by atoms with E-state index in [1.807, 2.05) is 6.92 Å². The standard InChI is InChI=1S/C12H22N2O3/c1-4-6-12(11(16)17)7-5-8-14(12)10(15)9(2)13-3/h9,13H,4-8H2,1-3H3,(H,16,17). The first-order chi connectivity index (χ1) is 7.99. The molecule has 1 saturated heterocycles. The zero-order valence-corrected chi connectivity index (χ0v) is 10.8. The molecule has 0 aromatic heterocycles. The molecule has 1 aliphatic heterocycles. The van der Waals surface area contributed by atoms with Gasteiger partial charge in [0.1, 0.15) is 5.54 Å². The summed E-state index contributed by atoms with van der Waals surface area (Å²) in [5, 5.41) is 12.3.